The molecule has 0 amide bonds. The Morgan fingerprint density at radius 3 is 1.00 bits per heavy atom. The van der Waals surface area contributed by atoms with Crippen LogP contribution in [-0.4, -0.2) is 20.3 Å². The van der Waals surface area contributed by atoms with E-state index in [-0.39, 0.29) is 0 Å². The first-order valence-corrected chi connectivity index (χ1v) is 2.19. The van der Waals surface area contributed by atoms with Crippen molar-refractivity contribution in [1.82, 2.24) is 0 Å². The van der Waals surface area contributed by atoms with Crippen molar-refractivity contribution in [1.29, 1.82) is 0 Å². The summed E-state index contributed by atoms with van der Waals surface area (Å²) in [6, 6.07) is 0. The van der Waals surface area contributed by atoms with Crippen molar-refractivity contribution < 1.29 is 17.3 Å². The third-order valence-electron chi connectivity index (χ3n) is 0.167. The number of halogens is 4. The van der Waals surface area contributed by atoms with Gasteiger partial charge in [0.2, 0.25) is 0 Å². The number of rotatable bonds is 1. The number of hydrogen-bond acceptors (Lipinski definition) is 2. The summed E-state index contributed by atoms with van der Waals surface area (Å²) in [6.07, 6.45) is 0. The van der Waals surface area contributed by atoms with Crippen LogP contribution in [0, 0.1) is 0 Å². The van der Waals surface area contributed by atoms with Crippen molar-refractivity contribution in [3.63, 3.8) is 0 Å². The predicted molar refractivity (Wildman–Crippen MR) is 28.3 cm³/mol. The molecule has 0 unspecified atom stereocenters. The fourth-order valence-electron chi connectivity index (χ4n) is 0. The number of nitrogens with two attached hydrogens (primary N) is 2. The molecule has 0 aliphatic heterocycles. The van der Waals surface area contributed by atoms with E-state index in [1.54, 1.807) is 0 Å². The van der Waals surface area contributed by atoms with E-state index in [0.29, 0.717) is 13.1 Å². The molecule has 2 nitrogen and oxygen atoms in total. The SMILES string of the molecule is F[B-](F)(F)F.NCCN. The molecule has 9 heavy (non-hydrogen) atoms. The van der Waals surface area contributed by atoms with Gasteiger partial charge >= 0.3 is 7.25 Å². The highest BCUT2D eigenvalue weighted by Crippen LogP contribution is 2.06. The minimum atomic E-state index is -6.00. The van der Waals surface area contributed by atoms with Crippen LogP contribution in [0.1, 0.15) is 0 Å². The number of hydrogen-bond donors (Lipinski definition) is 2. The zero-order valence-electron chi connectivity index (χ0n) is 4.66. The van der Waals surface area contributed by atoms with Crippen LogP contribution in [0.25, 0.3) is 0 Å². The largest absolute Gasteiger partial charge is 0.673 e. The minimum Gasteiger partial charge on any atom is -0.418 e. The van der Waals surface area contributed by atoms with Crippen molar-refractivity contribution in [2.45, 2.75) is 0 Å². The van der Waals surface area contributed by atoms with Crippen LogP contribution >= 0.6 is 0 Å². The lowest BCUT2D eigenvalue weighted by atomic mass is 10.3. The normalized spacial score (nSPS) is 10.0. The molecule has 0 bridgehead atoms. The Balaban J connectivity index is 0. The third kappa shape index (κ3) is 505. The van der Waals surface area contributed by atoms with Crippen LogP contribution in [0.15, 0.2) is 0 Å². The highest BCUT2D eigenvalue weighted by Gasteiger charge is 2.20. The highest BCUT2D eigenvalue weighted by molar-refractivity contribution is 6.50. The second-order valence-corrected chi connectivity index (χ2v) is 1.07. The van der Waals surface area contributed by atoms with Crippen molar-refractivity contribution in [2.75, 3.05) is 13.1 Å². The third-order valence-corrected chi connectivity index (χ3v) is 0.167. The van der Waals surface area contributed by atoms with E-state index in [2.05, 4.69) is 0 Å². The second kappa shape index (κ2) is 5.83. The van der Waals surface area contributed by atoms with Gasteiger partial charge in [-0.3, -0.25) is 0 Å². The first kappa shape index (κ1) is 11.5. The monoisotopic (exact) mass is 147 g/mol. The van der Waals surface area contributed by atoms with E-state index in [9.17, 15) is 17.3 Å². The van der Waals surface area contributed by atoms with Crippen molar-refractivity contribution in [3.8, 4) is 0 Å². The van der Waals surface area contributed by atoms with Crippen LogP contribution in [0.5, 0.6) is 0 Å². The molecule has 0 fully saturated rings. The topological polar surface area (TPSA) is 52.0 Å². The molecule has 0 aromatic rings. The van der Waals surface area contributed by atoms with Gasteiger partial charge in [0.25, 0.3) is 0 Å². The molecule has 0 spiro atoms. The molecule has 0 rings (SSSR count). The average Bonchev–Trinajstić information content (AvgIpc) is 1.61. The predicted octanol–water partition coefficient (Wildman–Crippen LogP) is 0.204. The smallest absolute Gasteiger partial charge is 0.418 e. The van der Waals surface area contributed by atoms with E-state index in [1.807, 2.05) is 0 Å². The van der Waals surface area contributed by atoms with Gasteiger partial charge in [-0.2, -0.15) is 0 Å². The van der Waals surface area contributed by atoms with Crippen LogP contribution in [0.4, 0.5) is 17.3 Å². The van der Waals surface area contributed by atoms with E-state index in [4.69, 9.17) is 11.5 Å². The van der Waals surface area contributed by atoms with Crippen LogP contribution in [0.3, 0.4) is 0 Å². The van der Waals surface area contributed by atoms with E-state index >= 15 is 0 Å². The summed E-state index contributed by atoms with van der Waals surface area (Å²) < 4.78 is 39.0. The van der Waals surface area contributed by atoms with Crippen LogP contribution in [0.2, 0.25) is 0 Å². The van der Waals surface area contributed by atoms with E-state index < -0.39 is 7.25 Å². The lowest BCUT2D eigenvalue weighted by Crippen LogP contribution is -2.11. The van der Waals surface area contributed by atoms with Gasteiger partial charge in [0.1, 0.15) is 0 Å². The molecule has 0 heterocycles. The molecule has 58 valence electrons. The van der Waals surface area contributed by atoms with E-state index in [1.165, 1.54) is 0 Å². The van der Waals surface area contributed by atoms with Crippen LogP contribution < -0.4 is 11.5 Å². The molecular weight excluding hydrogens is 139 g/mol. The fourth-order valence-corrected chi connectivity index (χ4v) is 0. The molecule has 0 aliphatic carbocycles. The van der Waals surface area contributed by atoms with Gasteiger partial charge in [0, 0.05) is 13.1 Å². The summed E-state index contributed by atoms with van der Waals surface area (Å²) >= 11 is 0. The van der Waals surface area contributed by atoms with Crippen molar-refractivity contribution in [2.24, 2.45) is 11.5 Å². The molecular formula is C2H8BF4N2-. The molecule has 0 radical (unpaired) electrons. The summed E-state index contributed by atoms with van der Waals surface area (Å²) in [5, 5.41) is 0. The molecule has 0 aliphatic rings. The zero-order valence-corrected chi connectivity index (χ0v) is 4.66. The summed E-state index contributed by atoms with van der Waals surface area (Å²) in [6.45, 7) is 1.19. The Hall–Kier alpha value is -0.295. The molecule has 0 aromatic carbocycles. The lowest BCUT2D eigenvalue weighted by molar-refractivity contribution is 0.368. The zero-order chi connectivity index (χ0) is 7.91. The van der Waals surface area contributed by atoms with Gasteiger partial charge in [-0.25, -0.2) is 0 Å². The molecule has 4 N–H and O–H groups in total. The Kier molecular flexibility index (Phi) is 7.45. The minimum absolute atomic E-state index is 0.597. The van der Waals surface area contributed by atoms with Gasteiger partial charge in [0.15, 0.2) is 0 Å². The summed E-state index contributed by atoms with van der Waals surface area (Å²) in [4.78, 5) is 0. The maximum atomic E-state index is 9.75. The Labute approximate surface area is 50.3 Å². The molecule has 0 aromatic heterocycles. The van der Waals surface area contributed by atoms with Gasteiger partial charge < -0.3 is 28.7 Å². The summed E-state index contributed by atoms with van der Waals surface area (Å²) in [5.74, 6) is 0. The first-order chi connectivity index (χ1) is 3.91. The highest BCUT2D eigenvalue weighted by atomic mass is 19.5. The molecule has 0 saturated heterocycles. The van der Waals surface area contributed by atoms with E-state index in [0.717, 1.165) is 0 Å². The molecule has 0 atom stereocenters. The average molecular weight is 147 g/mol. The summed E-state index contributed by atoms with van der Waals surface area (Å²) in [5.41, 5.74) is 9.81. The molecule has 0 saturated carbocycles. The molecule has 7 heteroatoms. The fraction of sp³-hybridized carbons (Fsp3) is 1.00. The van der Waals surface area contributed by atoms with Gasteiger partial charge in [0.05, 0.1) is 0 Å². The Morgan fingerprint density at radius 2 is 1.00 bits per heavy atom. The Morgan fingerprint density at radius 1 is 0.889 bits per heavy atom. The van der Waals surface area contributed by atoms with Gasteiger partial charge in [-0.05, 0) is 0 Å². The quantitative estimate of drug-likeness (QED) is 0.411. The van der Waals surface area contributed by atoms with Crippen molar-refractivity contribution in [3.05, 3.63) is 0 Å². The standard InChI is InChI=1S/C2H8N2.BF4/c3-1-2-4;2-1(3,4)5/h1-4H2;/q;-1. The van der Waals surface area contributed by atoms with Crippen molar-refractivity contribution >= 4 is 7.25 Å². The first-order valence-electron chi connectivity index (χ1n) is 2.19. The second-order valence-electron chi connectivity index (χ2n) is 1.07. The lowest BCUT2D eigenvalue weighted by Gasteiger charge is -1.94. The van der Waals surface area contributed by atoms with Gasteiger partial charge in [-0.15, -0.1) is 0 Å². The maximum Gasteiger partial charge on any atom is 0.673 e. The van der Waals surface area contributed by atoms with Crippen LogP contribution in [-0.2, 0) is 0 Å². The van der Waals surface area contributed by atoms with Gasteiger partial charge in [-0.1, -0.05) is 0 Å². The summed E-state index contributed by atoms with van der Waals surface area (Å²) in [7, 11) is -6.00. The maximum absolute atomic E-state index is 9.75. The Bertz CT molecular complexity index is 47.0.